The van der Waals surface area contributed by atoms with Gasteiger partial charge in [-0.25, -0.2) is 0 Å². The Morgan fingerprint density at radius 1 is 0.511 bits per heavy atom. The van der Waals surface area contributed by atoms with Crippen LogP contribution in [0.15, 0.2) is 85.2 Å². The maximum Gasteiger partial charge on any atom is 0.323 e. The molecule has 4 saturated heterocycles. The van der Waals surface area contributed by atoms with E-state index in [0.717, 1.165) is 16.2 Å². The summed E-state index contributed by atoms with van der Waals surface area (Å²) in [5.74, 6) is -13.2. The van der Waals surface area contributed by atoms with Crippen molar-refractivity contribution in [3.05, 3.63) is 102 Å². The monoisotopic (exact) mass is 1820 g/mol. The smallest absolute Gasteiger partial charge is 0.323 e. The van der Waals surface area contributed by atoms with Crippen LogP contribution in [-0.2, 0) is 103 Å². The zero-order valence-corrected chi connectivity index (χ0v) is 76.8. The number of carbonyl (C=O) groups is 16. The number of carboxylic acid groups (broad SMARTS) is 1. The minimum Gasteiger partial charge on any atom is -0.497 e. The molecule has 18 N–H and O–H groups in total. The third kappa shape index (κ3) is 28.0. The zero-order chi connectivity index (χ0) is 95.4. The van der Waals surface area contributed by atoms with E-state index in [4.69, 9.17) is 21.9 Å². The van der Waals surface area contributed by atoms with Gasteiger partial charge in [-0.15, -0.1) is 0 Å². The third-order valence-electron chi connectivity index (χ3n) is 24.9. The van der Waals surface area contributed by atoms with Gasteiger partial charge in [0.25, 0.3) is 0 Å². The number of aromatic amines is 1. The van der Waals surface area contributed by atoms with Crippen LogP contribution in [0.5, 0.6) is 5.75 Å². The van der Waals surface area contributed by atoms with Crippen molar-refractivity contribution in [2.75, 3.05) is 60.5 Å². The fraction of sp³-hybridized carbons (Fsp3) is 0.591. The van der Waals surface area contributed by atoms with Crippen molar-refractivity contribution in [2.45, 2.75) is 280 Å². The predicted octanol–water partition coefficient (Wildman–Crippen LogP) is 1.46. The van der Waals surface area contributed by atoms with Crippen molar-refractivity contribution >= 4 is 116 Å². The van der Waals surface area contributed by atoms with Gasteiger partial charge < -0.3 is 114 Å². The molecule has 38 heteroatoms. The Labute approximate surface area is 763 Å². The molecule has 38 nitrogen and oxygen atoms in total. The first-order valence-electron chi connectivity index (χ1n) is 46.1. The second kappa shape index (κ2) is 49.3. The fourth-order valence-corrected chi connectivity index (χ4v) is 17.9. The van der Waals surface area contributed by atoms with Gasteiger partial charge in [-0.3, -0.25) is 76.7 Å². The summed E-state index contributed by atoms with van der Waals surface area (Å²) >= 11 is 0. The molecule has 716 valence electrons. The molecule has 0 bridgehead atoms. The van der Waals surface area contributed by atoms with Crippen LogP contribution in [0.4, 0.5) is 0 Å². The number of amides is 15. The van der Waals surface area contributed by atoms with Crippen LogP contribution in [0.3, 0.4) is 0 Å². The number of rotatable bonds is 25. The van der Waals surface area contributed by atoms with E-state index in [2.05, 4.69) is 52.8 Å². The number of ether oxygens (including phenoxy) is 1. The van der Waals surface area contributed by atoms with E-state index in [0.29, 0.717) is 82.8 Å². The highest BCUT2D eigenvalue weighted by Gasteiger charge is 2.47. The quantitative estimate of drug-likeness (QED) is 0.0368. The Balaban J connectivity index is 1.08. The van der Waals surface area contributed by atoms with Crippen LogP contribution in [0.1, 0.15) is 187 Å². The van der Waals surface area contributed by atoms with Crippen LogP contribution in [0, 0.1) is 11.8 Å². The average Bonchev–Trinajstić information content (AvgIpc) is 1.60. The van der Waals surface area contributed by atoms with E-state index < -0.39 is 205 Å². The number of nitrogens with one attached hydrogen (secondary N) is 10. The summed E-state index contributed by atoms with van der Waals surface area (Å²) in [5.41, 5.74) is 21.0. The van der Waals surface area contributed by atoms with E-state index in [1.54, 1.807) is 99.0 Å². The second-order valence-corrected chi connectivity index (χ2v) is 35.7. The molecule has 0 aliphatic carbocycles. The maximum atomic E-state index is 15.9. The van der Waals surface area contributed by atoms with E-state index >= 15 is 38.4 Å². The number of hydrogen-bond donors (Lipinski definition) is 15. The minimum absolute atomic E-state index is 0.0380. The lowest BCUT2D eigenvalue weighted by Gasteiger charge is -2.38. The van der Waals surface area contributed by atoms with Crippen LogP contribution in [0.2, 0.25) is 0 Å². The average molecular weight is 1820 g/mol. The van der Waals surface area contributed by atoms with Crippen molar-refractivity contribution in [3.8, 4) is 5.75 Å². The molecule has 0 saturated carbocycles. The number of aliphatic hydroxyl groups is 1. The minimum atomic E-state index is -1.67. The van der Waals surface area contributed by atoms with E-state index in [-0.39, 0.29) is 134 Å². The Morgan fingerprint density at radius 2 is 1.06 bits per heavy atom. The van der Waals surface area contributed by atoms with Gasteiger partial charge in [0, 0.05) is 113 Å². The number of para-hydroxylation sites is 2. The van der Waals surface area contributed by atoms with Crippen molar-refractivity contribution in [1.82, 2.24) is 81.9 Å². The number of H-pyrrole nitrogens is 1. The van der Waals surface area contributed by atoms with Crippen molar-refractivity contribution < 1.29 is 91.7 Å². The number of carbonyl (C=O) groups excluding carboxylic acids is 15. The number of fused-ring (bicyclic) bond motifs is 5. The first-order chi connectivity index (χ1) is 62.6. The molecule has 0 spiro atoms. The molecule has 4 fully saturated rings. The maximum absolute atomic E-state index is 15.9. The molecule has 4 aliphatic heterocycles. The summed E-state index contributed by atoms with van der Waals surface area (Å²) < 4.78 is 6.86. The first-order valence-corrected chi connectivity index (χ1v) is 46.1. The molecule has 9 rings (SSSR count). The van der Waals surface area contributed by atoms with E-state index in [1.165, 1.54) is 40.5 Å². The molecule has 5 aromatic rings. The Hall–Kier alpha value is -12.1. The van der Waals surface area contributed by atoms with Crippen molar-refractivity contribution in [1.29, 1.82) is 0 Å². The summed E-state index contributed by atoms with van der Waals surface area (Å²) in [4.78, 5) is 245. The van der Waals surface area contributed by atoms with Gasteiger partial charge in [-0.05, 0) is 136 Å². The standard InChI is InChI=1S/C93H135N19O19/c1-10-12-14-29-73-85(122)101-65(42-54(3)4)81(118)97-39-21-19-32-79(115)99-68(44-56-33-35-60(131-9)36-34-56)90(127)110-40-22-20-30-74(110)86(123)105-70(48-78(96)114)91(128)111-41-23-31-75(111)87(124)106-71(49-95)84(121)103-67(43-55(5)6)92(129)112-52-59(113)47-77(112)88(125)102-66(45-57-50-98-63-26-17-15-24-61(57)63)83(120)100-64(37-38-94)82(119)104-69(89(126)108(8)76(27-13-11-2)93(130)107(73)7)46-58-51-109(53-80(116)117)72-28-18-16-25-62(58)72/h15-18,24-26,28,33-36,50-51,54-55,59,64-71,73-77,98,113H,10-14,19-23,27,29-32,37-49,52-53,94-95H2,1-9H3,(H2,96,114)(H,97,118)(H,99,115)(H,100,120)(H,101,122)(H,102,125)(H,103,121)(H,104,119)(H,105,123)(H,106,124)(H,116,117)/t59-,64+,65+,66+,67+,68+,69+,70+,71+,73+,74+,75+,76+,77+/m1/s1. The molecule has 3 aromatic carbocycles. The number of piperidine rings is 1. The number of likely N-dealkylation sites (N-methyl/N-ethyl adjacent to an activating group) is 2. The molecular formula is C93H135N19O19. The molecule has 0 unspecified atom stereocenters. The fourth-order valence-electron chi connectivity index (χ4n) is 17.9. The van der Waals surface area contributed by atoms with Crippen LogP contribution >= 0.6 is 0 Å². The topological polar surface area (TPSA) is 546 Å². The van der Waals surface area contributed by atoms with Crippen molar-refractivity contribution in [2.24, 2.45) is 29.0 Å². The Kier molecular flexibility index (Phi) is 38.6. The van der Waals surface area contributed by atoms with Gasteiger partial charge in [0.15, 0.2) is 0 Å². The number of primary amides is 1. The van der Waals surface area contributed by atoms with E-state index in [1.807, 2.05) is 27.7 Å². The van der Waals surface area contributed by atoms with Gasteiger partial charge in [0.1, 0.15) is 90.8 Å². The van der Waals surface area contributed by atoms with Crippen molar-refractivity contribution in [3.63, 3.8) is 0 Å². The number of methoxy groups -OCH3 is 1. The molecule has 0 radical (unpaired) electrons. The molecule has 15 amide bonds. The van der Waals surface area contributed by atoms with E-state index in [9.17, 15) is 48.6 Å². The van der Waals surface area contributed by atoms with Gasteiger partial charge in [0.2, 0.25) is 88.6 Å². The van der Waals surface area contributed by atoms with Gasteiger partial charge in [-0.1, -0.05) is 122 Å². The number of aliphatic carboxylic acids is 1. The number of aliphatic hydroxyl groups excluding tert-OH is 1. The third-order valence-corrected chi connectivity index (χ3v) is 24.9. The number of carboxylic acids is 1. The summed E-state index contributed by atoms with van der Waals surface area (Å²) in [6.07, 6.45) is 4.58. The van der Waals surface area contributed by atoms with Crippen LogP contribution < -0.4 is 69.8 Å². The first kappa shape index (κ1) is 103. The number of nitrogens with zero attached hydrogens (tertiary/aromatic N) is 6. The van der Waals surface area contributed by atoms with Crippen LogP contribution in [0.25, 0.3) is 21.8 Å². The number of nitrogens with two attached hydrogens (primary N) is 3. The SMILES string of the molecule is CCCCC[C@H]1C(=O)N[C@@H](CC(C)C)C(=O)NCCCCC(=O)N[C@@H](Cc2ccc(OC)cc2)C(=O)N2CCCC[C@H]2C(=O)N[C@@H](CC(N)=O)C(=O)N2CCC[C@H]2C(=O)N[C@@H](CN)C(=O)N[C@@H](CC(C)C)C(=O)N2C[C@H](O)C[C@H]2C(=O)N[C@@H](Cc2c[nH]c3ccccc23)C(=O)N[C@@H](CCN)C(=O)N[C@@H](Cc2cn(CC(=O)O)c3ccccc23)C(=O)N(C)[C@@H](CCCC)C(=O)N1C. The molecule has 2 aromatic heterocycles. The zero-order valence-electron chi connectivity index (χ0n) is 76.8. The highest BCUT2D eigenvalue weighted by atomic mass is 16.5. The lowest BCUT2D eigenvalue weighted by atomic mass is 9.97. The lowest BCUT2D eigenvalue weighted by Crippen LogP contribution is -2.62. The number of benzene rings is 3. The second-order valence-electron chi connectivity index (χ2n) is 35.7. The van der Waals surface area contributed by atoms with Gasteiger partial charge in [-0.2, -0.15) is 0 Å². The van der Waals surface area contributed by atoms with Gasteiger partial charge >= 0.3 is 5.97 Å². The Bertz CT molecular complexity index is 4840. The molecule has 6 heterocycles. The number of aromatic nitrogens is 2. The summed E-state index contributed by atoms with van der Waals surface area (Å²) in [5, 5.41) is 47.9. The largest absolute Gasteiger partial charge is 0.497 e. The predicted molar refractivity (Wildman–Crippen MR) is 487 cm³/mol. The normalized spacial score (nSPS) is 25.3. The lowest BCUT2D eigenvalue weighted by molar-refractivity contribution is -0.149. The molecular weight excluding hydrogens is 1690 g/mol. The van der Waals surface area contributed by atoms with Crippen LogP contribution in [-0.4, -0.2) is 284 Å². The highest BCUT2D eigenvalue weighted by molar-refractivity contribution is 6.02. The molecule has 131 heavy (non-hydrogen) atoms. The molecule has 14 atom stereocenters. The van der Waals surface area contributed by atoms with Gasteiger partial charge in [0.05, 0.1) is 19.6 Å². The number of hydrogen-bond acceptors (Lipinski definition) is 20. The highest BCUT2D eigenvalue weighted by Crippen LogP contribution is 2.30. The number of unbranched alkanes of at least 4 members (excludes halogenated alkanes) is 3. The molecule has 4 aliphatic rings. The Morgan fingerprint density at radius 3 is 1.72 bits per heavy atom. The summed E-state index contributed by atoms with van der Waals surface area (Å²) in [6.45, 7) is 9.45. The summed E-state index contributed by atoms with van der Waals surface area (Å²) in [6, 6.07) is 2.38. The summed E-state index contributed by atoms with van der Waals surface area (Å²) in [7, 11) is 4.34.